The summed E-state index contributed by atoms with van der Waals surface area (Å²) in [7, 11) is 2.05. The molecule has 0 unspecified atom stereocenters. The largest absolute Gasteiger partial charge is 0.457 e. The van der Waals surface area contributed by atoms with Gasteiger partial charge in [0.2, 0.25) is 0 Å². The Labute approximate surface area is 161 Å². The third kappa shape index (κ3) is 3.77. The molecule has 0 aromatic heterocycles. The van der Waals surface area contributed by atoms with Crippen molar-refractivity contribution in [3.63, 3.8) is 0 Å². The van der Waals surface area contributed by atoms with Crippen LogP contribution in [0, 0.1) is 0 Å². The van der Waals surface area contributed by atoms with E-state index in [2.05, 4.69) is 60.9 Å². The lowest BCUT2D eigenvalue weighted by Crippen LogP contribution is -2.24. The fourth-order valence-corrected chi connectivity index (χ4v) is 3.83. The van der Waals surface area contributed by atoms with Crippen LogP contribution in [0.15, 0.2) is 78.9 Å². The number of rotatable bonds is 4. The van der Waals surface area contributed by atoms with E-state index in [9.17, 15) is 0 Å². The smallest absolute Gasteiger partial charge is 0.127 e. The molecule has 1 aliphatic rings. The van der Waals surface area contributed by atoms with Crippen molar-refractivity contribution >= 4 is 12.4 Å². The average Bonchev–Trinajstić information content (AvgIpc) is 2.69. The number of fused-ring (bicyclic) bond motifs is 1. The van der Waals surface area contributed by atoms with Crippen LogP contribution in [0.4, 0.5) is 0 Å². The molecule has 1 N–H and O–H groups in total. The van der Waals surface area contributed by atoms with Gasteiger partial charge in [-0.15, -0.1) is 12.4 Å². The molecule has 0 saturated heterocycles. The summed E-state index contributed by atoms with van der Waals surface area (Å²) in [4.78, 5) is 0. The maximum atomic E-state index is 5.91. The molecular weight excluding hydrogens is 342 g/mol. The summed E-state index contributed by atoms with van der Waals surface area (Å²) in [6.45, 7) is 0. The van der Waals surface area contributed by atoms with Crippen LogP contribution in [0.25, 0.3) is 0 Å². The highest BCUT2D eigenvalue weighted by molar-refractivity contribution is 5.85. The van der Waals surface area contributed by atoms with Crippen LogP contribution in [0.1, 0.15) is 41.5 Å². The molecule has 0 amide bonds. The predicted octanol–water partition coefficient (Wildman–Crippen LogP) is 6.09. The van der Waals surface area contributed by atoms with Crippen LogP contribution in [0.5, 0.6) is 11.5 Å². The van der Waals surface area contributed by atoms with E-state index in [0.717, 1.165) is 11.5 Å². The van der Waals surface area contributed by atoms with Crippen LogP contribution >= 0.6 is 12.4 Å². The fourth-order valence-electron chi connectivity index (χ4n) is 3.83. The lowest BCUT2D eigenvalue weighted by Gasteiger charge is -2.31. The molecule has 2 nitrogen and oxygen atoms in total. The van der Waals surface area contributed by atoms with Crippen molar-refractivity contribution in [2.45, 2.75) is 24.8 Å². The van der Waals surface area contributed by atoms with E-state index in [1.165, 1.54) is 29.5 Å². The van der Waals surface area contributed by atoms with Gasteiger partial charge in [-0.25, -0.2) is 0 Å². The molecule has 134 valence electrons. The van der Waals surface area contributed by atoms with Crippen molar-refractivity contribution in [2.24, 2.45) is 0 Å². The van der Waals surface area contributed by atoms with Crippen molar-refractivity contribution < 1.29 is 4.74 Å². The van der Waals surface area contributed by atoms with Crippen LogP contribution in [-0.4, -0.2) is 7.05 Å². The van der Waals surface area contributed by atoms with E-state index >= 15 is 0 Å². The second-order valence-corrected chi connectivity index (χ2v) is 6.58. The number of benzene rings is 3. The van der Waals surface area contributed by atoms with Crippen molar-refractivity contribution in [1.29, 1.82) is 0 Å². The highest BCUT2D eigenvalue weighted by Crippen LogP contribution is 2.41. The summed E-state index contributed by atoms with van der Waals surface area (Å²) in [5, 5.41) is 3.45. The van der Waals surface area contributed by atoms with Crippen LogP contribution < -0.4 is 10.1 Å². The number of para-hydroxylation sites is 1. The number of ether oxygens (including phenoxy) is 1. The molecule has 0 spiro atoms. The van der Waals surface area contributed by atoms with E-state index < -0.39 is 0 Å². The van der Waals surface area contributed by atoms with E-state index in [-0.39, 0.29) is 12.4 Å². The van der Waals surface area contributed by atoms with Crippen molar-refractivity contribution in [3.8, 4) is 11.5 Å². The first-order chi connectivity index (χ1) is 12.3. The molecule has 3 aromatic carbocycles. The van der Waals surface area contributed by atoms with E-state index in [4.69, 9.17) is 4.74 Å². The summed E-state index contributed by atoms with van der Waals surface area (Å²) in [5.41, 5.74) is 4.25. The lowest BCUT2D eigenvalue weighted by molar-refractivity contribution is 0.468. The minimum Gasteiger partial charge on any atom is -0.457 e. The van der Waals surface area contributed by atoms with Crippen LogP contribution in [0.2, 0.25) is 0 Å². The highest BCUT2D eigenvalue weighted by atomic mass is 35.5. The second kappa shape index (κ2) is 8.39. The molecular formula is C23H24ClNO. The second-order valence-electron chi connectivity index (χ2n) is 6.58. The molecule has 26 heavy (non-hydrogen) atoms. The Morgan fingerprint density at radius 1 is 0.731 bits per heavy atom. The minimum atomic E-state index is 0. The van der Waals surface area contributed by atoms with Gasteiger partial charge in [-0.2, -0.15) is 0 Å². The number of hydrogen-bond acceptors (Lipinski definition) is 2. The Hall–Kier alpha value is -2.29. The van der Waals surface area contributed by atoms with Gasteiger partial charge in [0.05, 0.1) is 0 Å². The minimum absolute atomic E-state index is 0. The highest BCUT2D eigenvalue weighted by Gasteiger charge is 2.26. The van der Waals surface area contributed by atoms with Crippen LogP contribution in [-0.2, 0) is 0 Å². The van der Waals surface area contributed by atoms with Gasteiger partial charge in [-0.3, -0.25) is 0 Å². The number of hydrogen-bond donors (Lipinski definition) is 1. The zero-order chi connectivity index (χ0) is 17.1. The van der Waals surface area contributed by atoms with Gasteiger partial charge in [-0.05, 0) is 60.8 Å². The Kier molecular flexibility index (Phi) is 5.97. The molecule has 0 aliphatic heterocycles. The maximum absolute atomic E-state index is 5.91. The van der Waals surface area contributed by atoms with Crippen molar-refractivity contribution in [2.75, 3.05) is 7.05 Å². The third-order valence-corrected chi connectivity index (χ3v) is 5.10. The van der Waals surface area contributed by atoms with E-state index in [1.54, 1.807) is 0 Å². The molecule has 0 saturated carbocycles. The summed E-state index contributed by atoms with van der Waals surface area (Å²) >= 11 is 0. The maximum Gasteiger partial charge on any atom is 0.127 e. The van der Waals surface area contributed by atoms with Gasteiger partial charge in [0.1, 0.15) is 11.5 Å². The van der Waals surface area contributed by atoms with Gasteiger partial charge in [0.25, 0.3) is 0 Å². The predicted molar refractivity (Wildman–Crippen MR) is 110 cm³/mol. The van der Waals surface area contributed by atoms with Gasteiger partial charge in [0.15, 0.2) is 0 Å². The molecule has 4 rings (SSSR count). The first-order valence-electron chi connectivity index (χ1n) is 8.94. The Balaban J connectivity index is 0.00000196. The molecule has 0 fully saturated rings. The van der Waals surface area contributed by atoms with Gasteiger partial charge >= 0.3 is 0 Å². The number of nitrogens with one attached hydrogen (secondary N) is 1. The Bertz CT molecular complexity index is 832. The molecule has 2 atom stereocenters. The van der Waals surface area contributed by atoms with Crippen molar-refractivity contribution in [1.82, 2.24) is 5.32 Å². The molecule has 3 aromatic rings. The molecule has 0 radical (unpaired) electrons. The third-order valence-electron chi connectivity index (χ3n) is 5.10. The Morgan fingerprint density at radius 2 is 1.35 bits per heavy atom. The summed E-state index contributed by atoms with van der Waals surface area (Å²) in [6.07, 6.45) is 2.34. The van der Waals surface area contributed by atoms with Gasteiger partial charge in [-0.1, -0.05) is 54.6 Å². The number of halogens is 1. The van der Waals surface area contributed by atoms with Gasteiger partial charge in [0, 0.05) is 12.0 Å². The molecule has 1 aliphatic carbocycles. The standard InChI is InChI=1S/C23H23NO.ClH/c1-24-23-16-15-20(21-9-5-6-10-22(21)23)17-11-13-19(14-12-17)25-18-7-3-2-4-8-18;/h2-14,20,23-24H,15-16H2,1H3;1H/t20-,23+;/m0./s1. The summed E-state index contributed by atoms with van der Waals surface area (Å²) in [6, 6.07) is 27.8. The van der Waals surface area contributed by atoms with Gasteiger partial charge < -0.3 is 10.1 Å². The Morgan fingerprint density at radius 3 is 2.04 bits per heavy atom. The first-order valence-corrected chi connectivity index (χ1v) is 8.94. The van der Waals surface area contributed by atoms with Crippen LogP contribution in [0.3, 0.4) is 0 Å². The molecule has 0 heterocycles. The quantitative estimate of drug-likeness (QED) is 0.604. The fraction of sp³-hybridized carbons (Fsp3) is 0.217. The normalized spacial score (nSPS) is 18.5. The molecule has 0 bridgehead atoms. The molecule has 3 heteroatoms. The summed E-state index contributed by atoms with van der Waals surface area (Å²) < 4.78 is 5.91. The lowest BCUT2D eigenvalue weighted by atomic mass is 9.77. The topological polar surface area (TPSA) is 21.3 Å². The SMILES string of the molecule is CN[C@@H]1CC[C@@H](c2ccc(Oc3ccccc3)cc2)c2ccccc21.Cl. The zero-order valence-corrected chi connectivity index (χ0v) is 15.7. The zero-order valence-electron chi connectivity index (χ0n) is 14.9. The van der Waals surface area contributed by atoms with Crippen molar-refractivity contribution in [3.05, 3.63) is 95.6 Å². The van der Waals surface area contributed by atoms with E-state index in [0.29, 0.717) is 12.0 Å². The summed E-state index contributed by atoms with van der Waals surface area (Å²) in [5.74, 6) is 2.22. The monoisotopic (exact) mass is 365 g/mol. The van der Waals surface area contributed by atoms with E-state index in [1.807, 2.05) is 30.3 Å². The first kappa shape index (κ1) is 18.5. The average molecular weight is 366 g/mol.